The molecule has 0 atom stereocenters. The zero-order valence-corrected chi connectivity index (χ0v) is 15.8. The quantitative estimate of drug-likeness (QED) is 0.514. The van der Waals surface area contributed by atoms with E-state index in [1.54, 1.807) is 0 Å². The fraction of sp³-hybridized carbons (Fsp3) is 0.250. The second-order valence-corrected chi connectivity index (χ2v) is 8.44. The second kappa shape index (κ2) is 5.61. The lowest BCUT2D eigenvalue weighted by Gasteiger charge is -2.32. The first kappa shape index (κ1) is 16.4. The third kappa shape index (κ3) is 2.46. The molecule has 27 heavy (non-hydrogen) atoms. The molecule has 0 radical (unpaired) electrons. The van der Waals surface area contributed by atoms with Crippen LogP contribution in [0.15, 0.2) is 41.5 Å². The summed E-state index contributed by atoms with van der Waals surface area (Å²) in [7, 11) is 0. The van der Waals surface area contributed by atoms with E-state index < -0.39 is 0 Å². The standard InChI is InChI=1S/C20H18N4O2S/c1-20(2)8-13-12(9-26-20)14(11-6-4-3-5-7-11)17-16(23-13)15-18(27-17)19(25)24(21)10-22-15/h3-7,10H,8-9,21H2,1-2H3. The smallest absolute Gasteiger partial charge is 0.289 e. The van der Waals surface area contributed by atoms with E-state index in [1.165, 1.54) is 17.7 Å². The van der Waals surface area contributed by atoms with Gasteiger partial charge in [-0.2, -0.15) is 0 Å². The summed E-state index contributed by atoms with van der Waals surface area (Å²) in [6.07, 6.45) is 2.07. The molecule has 0 unspecified atom stereocenters. The van der Waals surface area contributed by atoms with E-state index in [0.717, 1.165) is 37.3 Å². The maximum atomic E-state index is 12.5. The Kier molecular flexibility index (Phi) is 3.41. The largest absolute Gasteiger partial charge is 0.370 e. The molecule has 3 aromatic heterocycles. The van der Waals surface area contributed by atoms with Crippen LogP contribution in [0.3, 0.4) is 0 Å². The van der Waals surface area contributed by atoms with Crippen LogP contribution in [0, 0.1) is 0 Å². The number of aromatic nitrogens is 3. The van der Waals surface area contributed by atoms with Gasteiger partial charge in [0.2, 0.25) is 0 Å². The lowest BCUT2D eigenvalue weighted by molar-refractivity contribution is -0.0408. The van der Waals surface area contributed by atoms with E-state index in [1.807, 2.05) is 18.2 Å². The van der Waals surface area contributed by atoms with Crippen LogP contribution in [0.1, 0.15) is 25.1 Å². The number of benzene rings is 1. The summed E-state index contributed by atoms with van der Waals surface area (Å²) in [5, 5.41) is 0. The predicted octanol–water partition coefficient (Wildman–Crippen LogP) is 3.24. The van der Waals surface area contributed by atoms with Crippen LogP contribution in [-0.4, -0.2) is 20.2 Å². The van der Waals surface area contributed by atoms with Crippen LogP contribution in [0.4, 0.5) is 0 Å². The highest BCUT2D eigenvalue weighted by atomic mass is 32.1. The van der Waals surface area contributed by atoms with Crippen molar-refractivity contribution >= 4 is 31.8 Å². The number of nitrogen functional groups attached to an aromatic ring is 1. The summed E-state index contributed by atoms with van der Waals surface area (Å²) in [5.41, 5.74) is 5.13. The Labute approximate surface area is 159 Å². The zero-order valence-electron chi connectivity index (χ0n) is 15.0. The molecule has 5 rings (SSSR count). The zero-order chi connectivity index (χ0) is 18.8. The van der Waals surface area contributed by atoms with E-state index in [4.69, 9.17) is 15.6 Å². The Hall–Kier alpha value is -2.77. The van der Waals surface area contributed by atoms with Gasteiger partial charge in [-0.1, -0.05) is 30.3 Å². The highest BCUT2D eigenvalue weighted by Gasteiger charge is 2.31. The molecule has 0 saturated carbocycles. The van der Waals surface area contributed by atoms with E-state index >= 15 is 0 Å². The van der Waals surface area contributed by atoms with E-state index in [9.17, 15) is 4.79 Å². The normalized spacial score (nSPS) is 15.9. The molecular formula is C20H18N4O2S. The molecule has 0 amide bonds. The third-order valence-corrected chi connectivity index (χ3v) is 6.16. The molecule has 0 bridgehead atoms. The molecule has 2 N–H and O–H groups in total. The molecular weight excluding hydrogens is 360 g/mol. The Morgan fingerprint density at radius 2 is 1.96 bits per heavy atom. The van der Waals surface area contributed by atoms with Crippen LogP contribution in [0.25, 0.3) is 31.6 Å². The molecule has 7 heteroatoms. The number of ether oxygens (including phenoxy) is 1. The highest BCUT2D eigenvalue weighted by molar-refractivity contribution is 7.26. The fourth-order valence-corrected chi connectivity index (χ4v) is 4.88. The van der Waals surface area contributed by atoms with Gasteiger partial charge >= 0.3 is 0 Å². The van der Waals surface area contributed by atoms with Crippen LogP contribution in [-0.2, 0) is 17.8 Å². The summed E-state index contributed by atoms with van der Waals surface area (Å²) in [6, 6.07) is 10.2. The van der Waals surface area contributed by atoms with Crippen LogP contribution >= 0.6 is 11.3 Å². The van der Waals surface area contributed by atoms with Gasteiger partial charge in [-0.15, -0.1) is 11.3 Å². The molecule has 0 spiro atoms. The van der Waals surface area contributed by atoms with Gasteiger partial charge in [0.1, 0.15) is 22.1 Å². The van der Waals surface area contributed by atoms with Crippen molar-refractivity contribution in [2.75, 3.05) is 5.84 Å². The maximum absolute atomic E-state index is 12.5. The number of nitrogens with zero attached hydrogens (tertiary/aromatic N) is 3. The van der Waals surface area contributed by atoms with Crippen molar-refractivity contribution in [2.24, 2.45) is 0 Å². The van der Waals surface area contributed by atoms with Crippen molar-refractivity contribution < 1.29 is 4.74 Å². The number of pyridine rings is 1. The highest BCUT2D eigenvalue weighted by Crippen LogP contribution is 2.42. The molecule has 1 aromatic carbocycles. The lowest BCUT2D eigenvalue weighted by Crippen LogP contribution is -2.32. The van der Waals surface area contributed by atoms with Gasteiger partial charge in [0, 0.05) is 17.5 Å². The molecule has 0 saturated heterocycles. The molecule has 4 heterocycles. The number of rotatable bonds is 1. The lowest BCUT2D eigenvalue weighted by atomic mass is 9.90. The van der Waals surface area contributed by atoms with Gasteiger partial charge in [0.05, 0.1) is 22.6 Å². The Balaban J connectivity index is 1.95. The minimum Gasteiger partial charge on any atom is -0.370 e. The molecule has 0 aliphatic carbocycles. The van der Waals surface area contributed by atoms with Gasteiger partial charge in [-0.25, -0.2) is 14.6 Å². The van der Waals surface area contributed by atoms with E-state index in [2.05, 4.69) is 31.0 Å². The van der Waals surface area contributed by atoms with Crippen molar-refractivity contribution in [3.05, 3.63) is 58.3 Å². The van der Waals surface area contributed by atoms with Gasteiger partial charge < -0.3 is 10.6 Å². The first-order valence-electron chi connectivity index (χ1n) is 8.75. The van der Waals surface area contributed by atoms with Gasteiger partial charge in [-0.05, 0) is 19.4 Å². The summed E-state index contributed by atoms with van der Waals surface area (Å²) in [4.78, 5) is 21.9. The Morgan fingerprint density at radius 3 is 2.74 bits per heavy atom. The SMILES string of the molecule is CC1(C)Cc2nc3c(sc4c(=O)n(N)cnc43)c(-c3ccccc3)c2CO1. The fourth-order valence-electron chi connectivity index (χ4n) is 3.66. The van der Waals surface area contributed by atoms with Crippen molar-refractivity contribution in [2.45, 2.75) is 32.5 Å². The van der Waals surface area contributed by atoms with Crippen molar-refractivity contribution in [1.82, 2.24) is 14.6 Å². The summed E-state index contributed by atoms with van der Waals surface area (Å²) >= 11 is 1.40. The van der Waals surface area contributed by atoms with Crippen molar-refractivity contribution in [3.63, 3.8) is 0 Å². The van der Waals surface area contributed by atoms with E-state index in [0.29, 0.717) is 23.2 Å². The summed E-state index contributed by atoms with van der Waals surface area (Å²) in [6.45, 7) is 4.64. The number of hydrogen-bond donors (Lipinski definition) is 1. The number of fused-ring (bicyclic) bond motifs is 4. The summed E-state index contributed by atoms with van der Waals surface area (Å²) < 4.78 is 8.59. The Bertz CT molecular complexity index is 1260. The third-order valence-electron chi connectivity index (χ3n) is 4.99. The maximum Gasteiger partial charge on any atom is 0.289 e. The monoisotopic (exact) mass is 378 g/mol. The predicted molar refractivity (Wildman–Crippen MR) is 107 cm³/mol. The number of nitrogens with two attached hydrogens (primary N) is 1. The van der Waals surface area contributed by atoms with Gasteiger partial charge in [-0.3, -0.25) is 4.79 Å². The van der Waals surface area contributed by atoms with Crippen LogP contribution in [0.5, 0.6) is 0 Å². The van der Waals surface area contributed by atoms with E-state index in [-0.39, 0.29) is 11.2 Å². The average Bonchev–Trinajstić information content (AvgIpc) is 3.01. The minimum absolute atomic E-state index is 0.253. The molecule has 136 valence electrons. The molecule has 4 aromatic rings. The minimum atomic E-state index is -0.273. The van der Waals surface area contributed by atoms with Crippen molar-refractivity contribution in [1.29, 1.82) is 0 Å². The molecule has 6 nitrogen and oxygen atoms in total. The second-order valence-electron chi connectivity index (χ2n) is 7.42. The Morgan fingerprint density at radius 1 is 1.19 bits per heavy atom. The summed E-state index contributed by atoms with van der Waals surface area (Å²) in [5.74, 6) is 5.72. The number of hydrogen-bond acceptors (Lipinski definition) is 6. The molecule has 1 aliphatic heterocycles. The van der Waals surface area contributed by atoms with Crippen LogP contribution in [0.2, 0.25) is 0 Å². The first-order valence-corrected chi connectivity index (χ1v) is 9.56. The average molecular weight is 378 g/mol. The van der Waals surface area contributed by atoms with Gasteiger partial charge in [0.25, 0.3) is 5.56 Å². The first-order chi connectivity index (χ1) is 12.9. The molecule has 0 fully saturated rings. The topological polar surface area (TPSA) is 83.0 Å². The van der Waals surface area contributed by atoms with Crippen molar-refractivity contribution in [3.8, 4) is 11.1 Å². The molecule has 1 aliphatic rings. The number of thiophene rings is 1. The van der Waals surface area contributed by atoms with Crippen LogP contribution < -0.4 is 11.4 Å². The van der Waals surface area contributed by atoms with Gasteiger partial charge in [0.15, 0.2) is 0 Å².